The number of carbonyl (C=O) groups excluding carboxylic acids is 1. The van der Waals surface area contributed by atoms with Crippen molar-refractivity contribution in [3.05, 3.63) is 123 Å². The third-order valence-electron chi connectivity index (χ3n) is 5.27. The number of anilines is 1. The van der Waals surface area contributed by atoms with Crippen LogP contribution in [-0.2, 0) is 4.79 Å². The first-order valence-electron chi connectivity index (χ1n) is 10.1. The van der Waals surface area contributed by atoms with E-state index in [1.165, 1.54) is 0 Å². The molecule has 1 aliphatic rings. The van der Waals surface area contributed by atoms with Gasteiger partial charge in [-0.1, -0.05) is 65.1 Å². The second-order valence-corrected chi connectivity index (χ2v) is 8.69. The van der Waals surface area contributed by atoms with Crippen LogP contribution >= 0.6 is 34.8 Å². The summed E-state index contributed by atoms with van der Waals surface area (Å²) in [6.45, 7) is 0. The fourth-order valence-corrected chi connectivity index (χ4v) is 4.10. The molecule has 0 radical (unpaired) electrons. The molecule has 33 heavy (non-hydrogen) atoms. The van der Waals surface area contributed by atoms with E-state index in [0.717, 1.165) is 22.5 Å². The molecule has 2 heterocycles. The van der Waals surface area contributed by atoms with Gasteiger partial charge in [0.2, 0.25) is 0 Å². The molecule has 6 heteroatoms. The summed E-state index contributed by atoms with van der Waals surface area (Å²) in [7, 11) is 0. The molecule has 1 aromatic heterocycles. The Balaban J connectivity index is 1.53. The minimum atomic E-state index is -0.149. The number of nitrogens with zero attached hydrogens (tertiary/aromatic N) is 1. The highest BCUT2D eigenvalue weighted by Gasteiger charge is 2.30. The van der Waals surface area contributed by atoms with Crippen molar-refractivity contribution in [1.29, 1.82) is 0 Å². The Bertz CT molecular complexity index is 1400. The van der Waals surface area contributed by atoms with Crippen LogP contribution in [0.5, 0.6) is 0 Å². The number of rotatable bonds is 4. The Morgan fingerprint density at radius 1 is 0.758 bits per heavy atom. The van der Waals surface area contributed by atoms with Crippen molar-refractivity contribution >= 4 is 58.2 Å². The highest BCUT2D eigenvalue weighted by atomic mass is 35.5. The molecule has 0 fully saturated rings. The number of hydrogen-bond donors (Lipinski definition) is 0. The summed E-state index contributed by atoms with van der Waals surface area (Å²) in [5.74, 6) is 1.04. The predicted octanol–water partition coefficient (Wildman–Crippen LogP) is 8.38. The summed E-state index contributed by atoms with van der Waals surface area (Å²) in [6, 6.07) is 25.9. The highest BCUT2D eigenvalue weighted by Crippen LogP contribution is 2.36. The Kier molecular flexibility index (Phi) is 5.86. The average Bonchev–Trinajstić information content (AvgIpc) is 3.42. The van der Waals surface area contributed by atoms with E-state index in [9.17, 15) is 4.79 Å². The normalized spacial score (nSPS) is 14.8. The van der Waals surface area contributed by atoms with Gasteiger partial charge in [0, 0.05) is 21.8 Å². The number of benzene rings is 3. The third-order valence-corrected chi connectivity index (χ3v) is 6.26. The predicted molar refractivity (Wildman–Crippen MR) is 135 cm³/mol. The van der Waals surface area contributed by atoms with Crippen LogP contribution in [0.25, 0.3) is 23.1 Å². The molecular weight excluding hydrogens is 477 g/mol. The van der Waals surface area contributed by atoms with Gasteiger partial charge in [0.25, 0.3) is 5.91 Å². The fraction of sp³-hybridized carbons (Fsp3) is 0. The topological polar surface area (TPSA) is 33.5 Å². The minimum Gasteiger partial charge on any atom is -0.457 e. The summed E-state index contributed by atoms with van der Waals surface area (Å²) < 4.78 is 5.98. The Morgan fingerprint density at radius 3 is 2.24 bits per heavy atom. The molecule has 0 bridgehead atoms. The van der Waals surface area contributed by atoms with E-state index in [0.29, 0.717) is 32.2 Å². The molecule has 162 valence electrons. The van der Waals surface area contributed by atoms with Crippen molar-refractivity contribution in [1.82, 2.24) is 0 Å². The zero-order chi connectivity index (χ0) is 22.9. The van der Waals surface area contributed by atoms with Gasteiger partial charge in [-0.2, -0.15) is 0 Å². The van der Waals surface area contributed by atoms with E-state index >= 15 is 0 Å². The van der Waals surface area contributed by atoms with Crippen LogP contribution in [0.4, 0.5) is 5.69 Å². The van der Waals surface area contributed by atoms with Gasteiger partial charge in [-0.15, -0.1) is 0 Å². The van der Waals surface area contributed by atoms with Crippen LogP contribution in [0, 0.1) is 0 Å². The highest BCUT2D eigenvalue weighted by molar-refractivity contribution is 6.42. The second kappa shape index (κ2) is 8.95. The van der Waals surface area contributed by atoms with Crippen molar-refractivity contribution in [3.63, 3.8) is 0 Å². The first-order chi connectivity index (χ1) is 16.0. The summed E-state index contributed by atoms with van der Waals surface area (Å²) >= 11 is 18.2. The lowest BCUT2D eigenvalue weighted by Gasteiger charge is -2.20. The molecule has 3 aromatic carbocycles. The van der Waals surface area contributed by atoms with Crippen LogP contribution in [0.3, 0.4) is 0 Å². The summed E-state index contributed by atoms with van der Waals surface area (Å²) in [5.41, 5.74) is 3.76. The quantitative estimate of drug-likeness (QED) is 0.268. The van der Waals surface area contributed by atoms with Crippen LogP contribution in [0.15, 0.2) is 101 Å². The van der Waals surface area contributed by atoms with Crippen LogP contribution in [-0.4, -0.2) is 5.91 Å². The fourth-order valence-electron chi connectivity index (χ4n) is 3.67. The SMILES string of the molecule is O=C1/C(=C/c2ccc(-c3ccc(Cl)c(Cl)c3)o2)C=C(c2ccccc2)N1c1ccc(Cl)cc1. The molecule has 1 amide bonds. The van der Waals surface area contributed by atoms with Crippen molar-refractivity contribution < 1.29 is 9.21 Å². The summed E-state index contributed by atoms with van der Waals surface area (Å²) in [6.07, 6.45) is 3.61. The van der Waals surface area contributed by atoms with Crippen LogP contribution < -0.4 is 4.90 Å². The average molecular weight is 493 g/mol. The maximum atomic E-state index is 13.4. The van der Waals surface area contributed by atoms with Crippen molar-refractivity contribution in [2.45, 2.75) is 0 Å². The molecule has 0 atom stereocenters. The maximum absolute atomic E-state index is 13.4. The molecule has 5 rings (SSSR count). The van der Waals surface area contributed by atoms with Gasteiger partial charge in [-0.05, 0) is 72.3 Å². The Labute approximate surface area is 206 Å². The minimum absolute atomic E-state index is 0.149. The first-order valence-corrected chi connectivity index (χ1v) is 11.3. The number of amides is 1. The van der Waals surface area contributed by atoms with E-state index in [-0.39, 0.29) is 5.91 Å². The standard InChI is InChI=1S/C27H16Cl3NO2/c28-20-7-9-21(10-8-20)31-25(17-4-2-1-3-5-17)16-19(27(31)32)14-22-11-13-26(33-22)18-6-12-23(29)24(30)15-18/h1-16H/b19-14+. The summed E-state index contributed by atoms with van der Waals surface area (Å²) in [4.78, 5) is 15.1. The largest absolute Gasteiger partial charge is 0.457 e. The van der Waals surface area contributed by atoms with E-state index in [1.807, 2.05) is 66.7 Å². The lowest BCUT2D eigenvalue weighted by molar-refractivity contribution is -0.113. The Morgan fingerprint density at radius 2 is 1.52 bits per heavy atom. The van der Waals surface area contributed by atoms with Gasteiger partial charge in [0.15, 0.2) is 0 Å². The maximum Gasteiger partial charge on any atom is 0.263 e. The second-order valence-electron chi connectivity index (χ2n) is 7.44. The molecule has 0 saturated carbocycles. The molecule has 0 aliphatic carbocycles. The van der Waals surface area contributed by atoms with E-state index in [1.54, 1.807) is 35.2 Å². The smallest absolute Gasteiger partial charge is 0.263 e. The molecule has 1 aliphatic heterocycles. The monoisotopic (exact) mass is 491 g/mol. The van der Waals surface area contributed by atoms with E-state index in [4.69, 9.17) is 39.2 Å². The molecule has 0 saturated heterocycles. The van der Waals surface area contributed by atoms with Gasteiger partial charge in [-0.25, -0.2) is 0 Å². The molecule has 4 aromatic rings. The zero-order valence-electron chi connectivity index (χ0n) is 17.1. The molecule has 0 spiro atoms. The van der Waals surface area contributed by atoms with Gasteiger partial charge in [0.05, 0.1) is 15.7 Å². The number of carbonyl (C=O) groups is 1. The number of hydrogen-bond acceptors (Lipinski definition) is 2. The molecule has 0 N–H and O–H groups in total. The van der Waals surface area contributed by atoms with Crippen molar-refractivity contribution in [2.24, 2.45) is 0 Å². The van der Waals surface area contributed by atoms with Crippen LogP contribution in [0.1, 0.15) is 11.3 Å². The lowest BCUT2D eigenvalue weighted by Crippen LogP contribution is -2.24. The molecule has 0 unspecified atom stereocenters. The zero-order valence-corrected chi connectivity index (χ0v) is 19.4. The van der Waals surface area contributed by atoms with Gasteiger partial charge < -0.3 is 4.42 Å². The summed E-state index contributed by atoms with van der Waals surface area (Å²) in [5, 5.41) is 1.54. The lowest BCUT2D eigenvalue weighted by atomic mass is 10.1. The van der Waals surface area contributed by atoms with Gasteiger partial charge >= 0.3 is 0 Å². The Hall–Kier alpha value is -3.24. The van der Waals surface area contributed by atoms with E-state index in [2.05, 4.69) is 0 Å². The van der Waals surface area contributed by atoms with E-state index < -0.39 is 0 Å². The molecule has 3 nitrogen and oxygen atoms in total. The van der Waals surface area contributed by atoms with Crippen molar-refractivity contribution in [2.75, 3.05) is 4.90 Å². The molecular formula is C27H16Cl3NO2. The first kappa shape index (κ1) is 21.6. The van der Waals surface area contributed by atoms with Gasteiger partial charge in [-0.3, -0.25) is 9.69 Å². The van der Waals surface area contributed by atoms with Gasteiger partial charge in [0.1, 0.15) is 11.5 Å². The number of halogens is 3. The van der Waals surface area contributed by atoms with Crippen molar-refractivity contribution in [3.8, 4) is 11.3 Å². The number of furan rings is 1. The third kappa shape index (κ3) is 4.36. The van der Waals surface area contributed by atoms with Crippen LogP contribution in [0.2, 0.25) is 15.1 Å².